The SMILES string of the molecule is C(=NNc1ccc(-c2cnco2)cc1)c1cn2ccccc2n1. The molecule has 4 rings (SSSR count). The maximum absolute atomic E-state index is 5.26. The second kappa shape index (κ2) is 5.76. The second-order valence-corrected chi connectivity index (χ2v) is 4.94. The first-order chi connectivity index (χ1) is 11.4. The summed E-state index contributed by atoms with van der Waals surface area (Å²) in [5.74, 6) is 0.741. The first-order valence-electron chi connectivity index (χ1n) is 7.10. The number of rotatable bonds is 4. The van der Waals surface area contributed by atoms with Crippen LogP contribution in [0.25, 0.3) is 17.0 Å². The average Bonchev–Trinajstić information content (AvgIpc) is 3.25. The minimum Gasteiger partial charge on any atom is -0.444 e. The zero-order valence-corrected chi connectivity index (χ0v) is 12.1. The van der Waals surface area contributed by atoms with Gasteiger partial charge in [0.25, 0.3) is 0 Å². The van der Waals surface area contributed by atoms with Crippen molar-refractivity contribution < 1.29 is 4.42 Å². The third-order valence-corrected chi connectivity index (χ3v) is 3.37. The molecule has 1 aromatic carbocycles. The van der Waals surface area contributed by atoms with Crippen LogP contribution in [0.1, 0.15) is 5.69 Å². The molecule has 0 aliphatic carbocycles. The van der Waals surface area contributed by atoms with E-state index in [-0.39, 0.29) is 0 Å². The fourth-order valence-corrected chi connectivity index (χ4v) is 2.26. The van der Waals surface area contributed by atoms with E-state index in [0.29, 0.717) is 0 Å². The summed E-state index contributed by atoms with van der Waals surface area (Å²) in [5, 5.41) is 4.21. The summed E-state index contributed by atoms with van der Waals surface area (Å²) in [6.45, 7) is 0. The number of aromatic nitrogens is 3. The number of nitrogens with zero attached hydrogens (tertiary/aromatic N) is 4. The average molecular weight is 303 g/mol. The van der Waals surface area contributed by atoms with Crippen LogP contribution in [0.3, 0.4) is 0 Å². The van der Waals surface area contributed by atoms with Gasteiger partial charge in [0.05, 0.1) is 18.1 Å². The molecule has 0 unspecified atom stereocenters. The van der Waals surface area contributed by atoms with Crippen LogP contribution < -0.4 is 5.43 Å². The molecule has 4 aromatic rings. The first-order valence-corrected chi connectivity index (χ1v) is 7.10. The molecule has 3 heterocycles. The van der Waals surface area contributed by atoms with E-state index >= 15 is 0 Å². The van der Waals surface area contributed by atoms with Crippen molar-refractivity contribution in [3.8, 4) is 11.3 Å². The van der Waals surface area contributed by atoms with Crippen molar-refractivity contribution in [2.24, 2.45) is 5.10 Å². The molecule has 0 radical (unpaired) electrons. The molecule has 3 aromatic heterocycles. The maximum atomic E-state index is 5.26. The van der Waals surface area contributed by atoms with Crippen molar-refractivity contribution in [3.05, 3.63) is 73.1 Å². The van der Waals surface area contributed by atoms with Crippen molar-refractivity contribution in [1.82, 2.24) is 14.4 Å². The zero-order chi connectivity index (χ0) is 15.5. The zero-order valence-electron chi connectivity index (χ0n) is 12.1. The van der Waals surface area contributed by atoms with Gasteiger partial charge in [-0.1, -0.05) is 6.07 Å². The number of oxazole rings is 1. The fourth-order valence-electron chi connectivity index (χ4n) is 2.26. The van der Waals surface area contributed by atoms with Gasteiger partial charge in [-0.25, -0.2) is 9.97 Å². The van der Waals surface area contributed by atoms with Crippen LogP contribution in [-0.2, 0) is 0 Å². The van der Waals surface area contributed by atoms with E-state index < -0.39 is 0 Å². The number of benzene rings is 1. The Bertz CT molecular complexity index is 906. The first kappa shape index (κ1) is 13.3. The molecule has 1 N–H and O–H groups in total. The molecular formula is C17H13N5O. The van der Waals surface area contributed by atoms with Crippen LogP contribution in [0, 0.1) is 0 Å². The standard InChI is InChI=1S/C17H13N5O/c1-2-8-22-11-15(20-17(22)3-1)9-19-21-14-6-4-13(5-7-14)16-10-18-12-23-16/h1-12,21H. The van der Waals surface area contributed by atoms with E-state index in [1.165, 1.54) is 6.39 Å². The van der Waals surface area contributed by atoms with E-state index in [1.807, 2.05) is 59.3 Å². The van der Waals surface area contributed by atoms with Crippen LogP contribution in [-0.4, -0.2) is 20.6 Å². The number of fused-ring (bicyclic) bond motifs is 1. The molecule has 0 aliphatic rings. The van der Waals surface area contributed by atoms with Crippen molar-refractivity contribution in [3.63, 3.8) is 0 Å². The highest BCUT2D eigenvalue weighted by Gasteiger charge is 2.01. The fraction of sp³-hybridized carbons (Fsp3) is 0. The van der Waals surface area contributed by atoms with Crippen LogP contribution >= 0.6 is 0 Å². The predicted octanol–water partition coefficient (Wildman–Crippen LogP) is 3.44. The number of hydrazone groups is 1. The molecule has 0 bridgehead atoms. The molecule has 23 heavy (non-hydrogen) atoms. The van der Waals surface area contributed by atoms with E-state index in [2.05, 4.69) is 20.5 Å². The lowest BCUT2D eigenvalue weighted by Crippen LogP contribution is -1.90. The Balaban J connectivity index is 1.46. The molecule has 6 heteroatoms. The molecule has 0 spiro atoms. The number of imidazole rings is 1. The summed E-state index contributed by atoms with van der Waals surface area (Å²) in [6.07, 6.45) is 8.67. The quantitative estimate of drug-likeness (QED) is 0.463. The smallest absolute Gasteiger partial charge is 0.181 e. The van der Waals surface area contributed by atoms with E-state index in [9.17, 15) is 0 Å². The van der Waals surface area contributed by atoms with Gasteiger partial charge >= 0.3 is 0 Å². The Morgan fingerprint density at radius 3 is 2.83 bits per heavy atom. The number of anilines is 1. The number of hydrogen-bond acceptors (Lipinski definition) is 5. The summed E-state index contributed by atoms with van der Waals surface area (Å²) in [5.41, 5.74) is 6.52. The highest BCUT2D eigenvalue weighted by Crippen LogP contribution is 2.20. The Hall–Kier alpha value is -3.41. The minimum absolute atomic E-state index is 0.741. The van der Waals surface area contributed by atoms with Crippen LogP contribution in [0.5, 0.6) is 0 Å². The molecule has 0 saturated carbocycles. The molecular weight excluding hydrogens is 290 g/mol. The van der Waals surface area contributed by atoms with Crippen molar-refractivity contribution in [2.75, 3.05) is 5.43 Å². The lowest BCUT2D eigenvalue weighted by molar-refractivity contribution is 0.572. The van der Waals surface area contributed by atoms with Crippen LogP contribution in [0.2, 0.25) is 0 Å². The third-order valence-electron chi connectivity index (χ3n) is 3.37. The normalized spacial score (nSPS) is 11.3. The van der Waals surface area contributed by atoms with E-state index in [0.717, 1.165) is 28.4 Å². The number of hydrogen-bond donors (Lipinski definition) is 1. The van der Waals surface area contributed by atoms with Crippen LogP contribution in [0.4, 0.5) is 5.69 Å². The lowest BCUT2D eigenvalue weighted by Gasteiger charge is -2.00. The molecule has 0 amide bonds. The Morgan fingerprint density at radius 2 is 2.04 bits per heavy atom. The van der Waals surface area contributed by atoms with Gasteiger partial charge in [0.2, 0.25) is 0 Å². The van der Waals surface area contributed by atoms with Gasteiger partial charge in [-0.05, 0) is 36.4 Å². The third kappa shape index (κ3) is 2.82. The van der Waals surface area contributed by atoms with Gasteiger partial charge in [-0.3, -0.25) is 5.43 Å². The molecule has 112 valence electrons. The number of nitrogens with one attached hydrogen (secondary N) is 1. The van der Waals surface area contributed by atoms with Crippen LogP contribution in [0.15, 0.2) is 77.0 Å². The Morgan fingerprint density at radius 1 is 1.13 bits per heavy atom. The summed E-state index contributed by atoms with van der Waals surface area (Å²) in [4.78, 5) is 8.35. The molecule has 0 atom stereocenters. The van der Waals surface area contributed by atoms with Gasteiger partial charge in [-0.2, -0.15) is 5.10 Å². The van der Waals surface area contributed by atoms with Gasteiger partial charge in [0.15, 0.2) is 12.2 Å². The summed E-state index contributed by atoms with van der Waals surface area (Å²) in [7, 11) is 0. The maximum Gasteiger partial charge on any atom is 0.181 e. The van der Waals surface area contributed by atoms with Crippen molar-refractivity contribution >= 4 is 17.5 Å². The summed E-state index contributed by atoms with van der Waals surface area (Å²) < 4.78 is 7.21. The van der Waals surface area contributed by atoms with Crippen molar-refractivity contribution in [1.29, 1.82) is 0 Å². The Labute approximate surface area is 132 Å². The molecule has 0 aliphatic heterocycles. The van der Waals surface area contributed by atoms with Gasteiger partial charge < -0.3 is 8.82 Å². The molecule has 0 saturated heterocycles. The van der Waals surface area contributed by atoms with Gasteiger partial charge in [0.1, 0.15) is 11.3 Å². The highest BCUT2D eigenvalue weighted by molar-refractivity contribution is 5.78. The Kier molecular flexibility index (Phi) is 3.32. The number of pyridine rings is 1. The summed E-state index contributed by atoms with van der Waals surface area (Å²) >= 11 is 0. The summed E-state index contributed by atoms with van der Waals surface area (Å²) in [6, 6.07) is 13.6. The topological polar surface area (TPSA) is 67.7 Å². The minimum atomic E-state index is 0.741. The van der Waals surface area contributed by atoms with E-state index in [4.69, 9.17) is 4.42 Å². The van der Waals surface area contributed by atoms with Gasteiger partial charge in [-0.15, -0.1) is 0 Å². The molecule has 6 nitrogen and oxygen atoms in total. The van der Waals surface area contributed by atoms with Crippen molar-refractivity contribution in [2.45, 2.75) is 0 Å². The van der Waals surface area contributed by atoms with Gasteiger partial charge in [0, 0.05) is 18.0 Å². The van der Waals surface area contributed by atoms with E-state index in [1.54, 1.807) is 12.4 Å². The molecule has 0 fully saturated rings. The second-order valence-electron chi connectivity index (χ2n) is 4.94. The highest BCUT2D eigenvalue weighted by atomic mass is 16.3. The monoisotopic (exact) mass is 303 g/mol. The largest absolute Gasteiger partial charge is 0.444 e. The predicted molar refractivity (Wildman–Crippen MR) is 88.3 cm³/mol. The lowest BCUT2D eigenvalue weighted by atomic mass is 10.2.